The summed E-state index contributed by atoms with van der Waals surface area (Å²) in [6.45, 7) is 2.01. The summed E-state index contributed by atoms with van der Waals surface area (Å²) in [4.78, 5) is 17.8. The minimum absolute atomic E-state index is 0.291. The number of aromatic nitrogens is 3. The van der Waals surface area contributed by atoms with Gasteiger partial charge in [0.05, 0.1) is 0 Å². The van der Waals surface area contributed by atoms with Gasteiger partial charge in [0, 0.05) is 10.5 Å². The highest BCUT2D eigenvalue weighted by Crippen LogP contribution is 2.28. The summed E-state index contributed by atoms with van der Waals surface area (Å²) < 4.78 is 1.53. The Balaban J connectivity index is 1.83. The monoisotopic (exact) mass is 360 g/mol. The second-order valence-corrected chi connectivity index (χ2v) is 6.99. The summed E-state index contributed by atoms with van der Waals surface area (Å²) in [6, 6.07) is 21.5. The summed E-state index contributed by atoms with van der Waals surface area (Å²) in [5, 5.41) is 5.33. The third-order valence-corrected chi connectivity index (χ3v) is 4.91. The van der Waals surface area contributed by atoms with E-state index in [4.69, 9.17) is 5.73 Å². The lowest BCUT2D eigenvalue weighted by Crippen LogP contribution is -2.16. The van der Waals surface area contributed by atoms with Crippen LogP contribution in [0.5, 0.6) is 0 Å². The molecule has 0 saturated heterocycles. The van der Waals surface area contributed by atoms with Crippen LogP contribution in [0.15, 0.2) is 76.7 Å². The molecule has 6 heteroatoms. The predicted octanol–water partition coefficient (Wildman–Crippen LogP) is 3.95. The number of carbonyl (C=O) groups is 1. The van der Waals surface area contributed by atoms with Crippen LogP contribution in [0.2, 0.25) is 0 Å². The molecular formula is C20H16N4OS. The van der Waals surface area contributed by atoms with Gasteiger partial charge in [0.1, 0.15) is 10.7 Å². The Morgan fingerprint density at radius 3 is 2.42 bits per heavy atom. The molecule has 0 saturated carbocycles. The van der Waals surface area contributed by atoms with Gasteiger partial charge in [0.25, 0.3) is 5.91 Å². The van der Waals surface area contributed by atoms with E-state index in [1.807, 2.05) is 73.7 Å². The fourth-order valence-electron chi connectivity index (χ4n) is 2.71. The summed E-state index contributed by atoms with van der Waals surface area (Å²) in [7, 11) is 0. The number of imidazole rings is 1. The van der Waals surface area contributed by atoms with E-state index in [0.717, 1.165) is 21.0 Å². The molecule has 2 aromatic heterocycles. The highest BCUT2D eigenvalue weighted by atomic mass is 32.2. The van der Waals surface area contributed by atoms with Gasteiger partial charge in [-0.25, -0.2) is 9.50 Å². The van der Waals surface area contributed by atoms with Gasteiger partial charge in [-0.2, -0.15) is 5.10 Å². The Morgan fingerprint density at radius 1 is 1.00 bits per heavy atom. The van der Waals surface area contributed by atoms with Crippen LogP contribution in [-0.2, 0) is 0 Å². The molecular weight excluding hydrogens is 344 g/mol. The number of nitrogens with two attached hydrogens (primary N) is 1. The number of hydrogen-bond donors (Lipinski definition) is 1. The third-order valence-electron chi connectivity index (χ3n) is 3.98. The molecule has 2 heterocycles. The molecule has 0 spiro atoms. The maximum absolute atomic E-state index is 12.1. The van der Waals surface area contributed by atoms with Crippen molar-refractivity contribution in [2.75, 3.05) is 0 Å². The number of primary amides is 1. The summed E-state index contributed by atoms with van der Waals surface area (Å²) in [5.41, 5.74) is 9.05. The zero-order chi connectivity index (χ0) is 18.1. The van der Waals surface area contributed by atoms with Crippen molar-refractivity contribution in [1.29, 1.82) is 0 Å². The van der Waals surface area contributed by atoms with Crippen molar-refractivity contribution in [3.8, 4) is 11.3 Å². The number of hydrogen-bond acceptors (Lipinski definition) is 4. The first-order valence-corrected chi connectivity index (χ1v) is 8.93. The number of aryl methyl sites for hydroxylation is 1. The zero-order valence-electron chi connectivity index (χ0n) is 14.1. The SMILES string of the molecule is Cc1ccc(-c2nc3ccc(Sc4ccccc4)nn3c2C(N)=O)cc1. The van der Waals surface area contributed by atoms with E-state index < -0.39 is 5.91 Å². The average molecular weight is 360 g/mol. The third kappa shape index (κ3) is 3.07. The van der Waals surface area contributed by atoms with Crippen molar-refractivity contribution in [2.45, 2.75) is 16.8 Å². The van der Waals surface area contributed by atoms with Gasteiger partial charge in [0.2, 0.25) is 0 Å². The molecule has 128 valence electrons. The lowest BCUT2D eigenvalue weighted by atomic mass is 10.1. The number of benzene rings is 2. The number of rotatable bonds is 4. The molecule has 4 aromatic rings. The zero-order valence-corrected chi connectivity index (χ0v) is 14.9. The van der Waals surface area contributed by atoms with Gasteiger partial charge in [-0.3, -0.25) is 4.79 Å². The first-order chi connectivity index (χ1) is 12.6. The lowest BCUT2D eigenvalue weighted by molar-refractivity contribution is 0.0994. The van der Waals surface area contributed by atoms with Gasteiger partial charge >= 0.3 is 0 Å². The molecule has 0 unspecified atom stereocenters. The second kappa shape index (κ2) is 6.65. The molecule has 0 aliphatic carbocycles. The molecule has 4 rings (SSSR count). The summed E-state index contributed by atoms with van der Waals surface area (Å²) in [5.74, 6) is -0.553. The van der Waals surface area contributed by atoms with E-state index in [-0.39, 0.29) is 0 Å². The second-order valence-electron chi connectivity index (χ2n) is 5.90. The first-order valence-electron chi connectivity index (χ1n) is 8.11. The fraction of sp³-hybridized carbons (Fsp3) is 0.0500. The Kier molecular flexibility index (Phi) is 4.18. The van der Waals surface area contributed by atoms with Gasteiger partial charge in [-0.15, -0.1) is 0 Å². The molecule has 2 N–H and O–H groups in total. The van der Waals surface area contributed by atoms with E-state index in [2.05, 4.69) is 10.1 Å². The van der Waals surface area contributed by atoms with Crippen LogP contribution in [0.1, 0.15) is 16.1 Å². The van der Waals surface area contributed by atoms with Crippen LogP contribution in [0, 0.1) is 6.92 Å². The van der Waals surface area contributed by atoms with Crippen LogP contribution in [-0.4, -0.2) is 20.5 Å². The van der Waals surface area contributed by atoms with E-state index in [0.29, 0.717) is 17.0 Å². The Bertz CT molecular complexity index is 1090. The van der Waals surface area contributed by atoms with Crippen LogP contribution in [0.4, 0.5) is 0 Å². The van der Waals surface area contributed by atoms with E-state index in [1.54, 1.807) is 0 Å². The highest BCUT2D eigenvalue weighted by Gasteiger charge is 2.20. The summed E-state index contributed by atoms with van der Waals surface area (Å²) >= 11 is 1.52. The Labute approximate surface area is 154 Å². The van der Waals surface area contributed by atoms with Crippen molar-refractivity contribution < 1.29 is 4.79 Å². The average Bonchev–Trinajstić information content (AvgIpc) is 3.02. The van der Waals surface area contributed by atoms with Gasteiger partial charge in [0.15, 0.2) is 11.3 Å². The molecule has 1 amide bonds. The van der Waals surface area contributed by atoms with Crippen LogP contribution in [0.3, 0.4) is 0 Å². The van der Waals surface area contributed by atoms with E-state index >= 15 is 0 Å². The maximum Gasteiger partial charge on any atom is 0.269 e. The minimum atomic E-state index is -0.553. The Hall–Kier alpha value is -3.12. The van der Waals surface area contributed by atoms with E-state index in [1.165, 1.54) is 16.3 Å². The molecule has 0 radical (unpaired) electrons. The van der Waals surface area contributed by atoms with E-state index in [9.17, 15) is 4.79 Å². The van der Waals surface area contributed by atoms with Gasteiger partial charge in [-0.1, -0.05) is 59.8 Å². The topological polar surface area (TPSA) is 73.3 Å². The molecule has 2 aromatic carbocycles. The first kappa shape index (κ1) is 16.4. The molecule has 5 nitrogen and oxygen atoms in total. The van der Waals surface area contributed by atoms with Crippen molar-refractivity contribution in [2.24, 2.45) is 5.73 Å². The molecule has 0 aliphatic heterocycles. The molecule has 0 bridgehead atoms. The number of carbonyl (C=O) groups excluding carboxylic acids is 1. The van der Waals surface area contributed by atoms with Crippen molar-refractivity contribution in [3.63, 3.8) is 0 Å². The Morgan fingerprint density at radius 2 is 1.73 bits per heavy atom. The highest BCUT2D eigenvalue weighted by molar-refractivity contribution is 7.99. The van der Waals surface area contributed by atoms with Crippen molar-refractivity contribution in [1.82, 2.24) is 14.6 Å². The van der Waals surface area contributed by atoms with Crippen LogP contribution < -0.4 is 5.73 Å². The molecule has 0 fully saturated rings. The molecule has 0 atom stereocenters. The van der Waals surface area contributed by atoms with Crippen molar-refractivity contribution >= 4 is 23.3 Å². The summed E-state index contributed by atoms with van der Waals surface area (Å²) in [6.07, 6.45) is 0. The molecule has 26 heavy (non-hydrogen) atoms. The quantitative estimate of drug-likeness (QED) is 0.598. The largest absolute Gasteiger partial charge is 0.364 e. The number of fused-ring (bicyclic) bond motifs is 1. The smallest absolute Gasteiger partial charge is 0.269 e. The lowest BCUT2D eigenvalue weighted by Gasteiger charge is -2.03. The predicted molar refractivity (Wildman–Crippen MR) is 102 cm³/mol. The minimum Gasteiger partial charge on any atom is -0.364 e. The molecule has 0 aliphatic rings. The maximum atomic E-state index is 12.1. The van der Waals surface area contributed by atoms with Crippen molar-refractivity contribution in [3.05, 3.63) is 78.0 Å². The van der Waals surface area contributed by atoms with Crippen LogP contribution in [0.25, 0.3) is 16.9 Å². The number of nitrogens with zero attached hydrogens (tertiary/aromatic N) is 3. The number of amides is 1. The fourth-order valence-corrected chi connectivity index (χ4v) is 3.51. The standard InChI is InChI=1S/C20H16N4OS/c1-13-7-9-14(10-8-13)18-19(20(21)25)24-16(22-18)11-12-17(23-24)26-15-5-3-2-4-6-15/h2-12H,1H3,(H2,21,25). The van der Waals surface area contributed by atoms with Gasteiger partial charge in [-0.05, 0) is 31.2 Å². The normalized spacial score (nSPS) is 11.0. The van der Waals surface area contributed by atoms with Gasteiger partial charge < -0.3 is 5.73 Å². The van der Waals surface area contributed by atoms with Crippen LogP contribution >= 0.6 is 11.8 Å².